The predicted octanol–water partition coefficient (Wildman–Crippen LogP) is 3.71. The van der Waals surface area contributed by atoms with E-state index in [-0.39, 0.29) is 11.8 Å². The number of hydrogen-bond acceptors (Lipinski definition) is 2. The number of nitrogens with one attached hydrogen (secondary N) is 2. The standard InChI is InChI=1S/C18H19BrClN3O2/c1-23-11-13(19)10-15(23)16(24)21-22-17(25)18(7-2-3-8-18)12-5-4-6-14(20)9-12/h4-6,9-11H,2-3,7-8H2,1H3,(H,21,24)(H,22,25). The largest absolute Gasteiger partial charge is 0.345 e. The van der Waals surface area contributed by atoms with Crippen molar-refractivity contribution in [3.63, 3.8) is 0 Å². The maximum absolute atomic E-state index is 12.9. The third-order valence-electron chi connectivity index (χ3n) is 4.76. The van der Waals surface area contributed by atoms with Gasteiger partial charge in [0.2, 0.25) is 5.91 Å². The molecule has 0 spiro atoms. The Hall–Kier alpha value is -1.79. The van der Waals surface area contributed by atoms with Crippen LogP contribution in [-0.4, -0.2) is 16.4 Å². The van der Waals surface area contributed by atoms with Gasteiger partial charge in [0.25, 0.3) is 5.91 Å². The Morgan fingerprint density at radius 3 is 2.52 bits per heavy atom. The van der Waals surface area contributed by atoms with Crippen molar-refractivity contribution in [2.45, 2.75) is 31.1 Å². The molecule has 2 amide bonds. The van der Waals surface area contributed by atoms with Gasteiger partial charge in [-0.05, 0) is 52.5 Å². The number of hydrazine groups is 1. The Bertz CT molecular complexity index is 812. The van der Waals surface area contributed by atoms with E-state index in [0.29, 0.717) is 10.7 Å². The van der Waals surface area contributed by atoms with Crippen molar-refractivity contribution in [3.05, 3.63) is 57.3 Å². The number of aryl methyl sites for hydroxylation is 1. The molecule has 3 rings (SSSR count). The number of benzene rings is 1. The average molecular weight is 425 g/mol. The lowest BCUT2D eigenvalue weighted by Gasteiger charge is -2.28. The predicted molar refractivity (Wildman–Crippen MR) is 100 cm³/mol. The summed E-state index contributed by atoms with van der Waals surface area (Å²) >= 11 is 9.44. The Morgan fingerprint density at radius 1 is 1.20 bits per heavy atom. The van der Waals surface area contributed by atoms with Gasteiger partial charge < -0.3 is 4.57 Å². The Labute approximate surface area is 159 Å². The lowest BCUT2D eigenvalue weighted by atomic mass is 9.78. The van der Waals surface area contributed by atoms with E-state index >= 15 is 0 Å². The molecule has 1 aromatic carbocycles. The monoisotopic (exact) mass is 423 g/mol. The number of hydrogen-bond donors (Lipinski definition) is 2. The van der Waals surface area contributed by atoms with Crippen molar-refractivity contribution in [1.29, 1.82) is 0 Å². The summed E-state index contributed by atoms with van der Waals surface area (Å²) < 4.78 is 2.49. The molecule has 1 saturated carbocycles. The zero-order valence-corrected chi connectivity index (χ0v) is 16.2. The minimum absolute atomic E-state index is 0.200. The molecule has 1 aromatic heterocycles. The van der Waals surface area contributed by atoms with E-state index in [1.807, 2.05) is 18.2 Å². The second kappa shape index (κ2) is 7.22. The number of halogens is 2. The van der Waals surface area contributed by atoms with Crippen LogP contribution < -0.4 is 10.9 Å². The van der Waals surface area contributed by atoms with Crippen LogP contribution in [0.5, 0.6) is 0 Å². The molecule has 7 heteroatoms. The van der Waals surface area contributed by atoms with Gasteiger partial charge in [-0.3, -0.25) is 20.4 Å². The van der Waals surface area contributed by atoms with Gasteiger partial charge in [0.05, 0.1) is 5.41 Å². The lowest BCUT2D eigenvalue weighted by Crippen LogP contribution is -2.50. The molecule has 1 fully saturated rings. The van der Waals surface area contributed by atoms with Crippen molar-refractivity contribution < 1.29 is 9.59 Å². The molecular formula is C18H19BrClN3O2. The minimum Gasteiger partial charge on any atom is -0.345 e. The maximum atomic E-state index is 12.9. The second-order valence-electron chi connectivity index (χ2n) is 6.36. The number of carbonyl (C=O) groups excluding carboxylic acids is 2. The molecule has 2 aromatic rings. The summed E-state index contributed by atoms with van der Waals surface area (Å²) in [5, 5.41) is 0.606. The zero-order chi connectivity index (χ0) is 18.0. The summed E-state index contributed by atoms with van der Waals surface area (Å²) in [5.41, 5.74) is 5.84. The smallest absolute Gasteiger partial charge is 0.286 e. The van der Waals surface area contributed by atoms with E-state index in [0.717, 1.165) is 35.7 Å². The van der Waals surface area contributed by atoms with Gasteiger partial charge >= 0.3 is 0 Å². The molecule has 132 valence electrons. The highest BCUT2D eigenvalue weighted by molar-refractivity contribution is 9.10. The molecule has 0 atom stereocenters. The highest BCUT2D eigenvalue weighted by Gasteiger charge is 2.43. The van der Waals surface area contributed by atoms with Crippen molar-refractivity contribution >= 4 is 39.3 Å². The van der Waals surface area contributed by atoms with Crippen molar-refractivity contribution in [3.8, 4) is 0 Å². The Kier molecular flexibility index (Phi) is 5.20. The summed E-state index contributed by atoms with van der Waals surface area (Å²) in [7, 11) is 1.77. The third kappa shape index (κ3) is 3.60. The molecule has 0 radical (unpaired) electrons. The fourth-order valence-electron chi connectivity index (χ4n) is 3.46. The molecule has 0 aliphatic heterocycles. The fourth-order valence-corrected chi connectivity index (χ4v) is 4.17. The SMILES string of the molecule is Cn1cc(Br)cc1C(=O)NNC(=O)C1(c2cccc(Cl)c2)CCCC1. The van der Waals surface area contributed by atoms with Crippen molar-refractivity contribution in [1.82, 2.24) is 15.4 Å². The highest BCUT2D eigenvalue weighted by atomic mass is 79.9. The summed E-state index contributed by atoms with van der Waals surface area (Å²) in [5.74, 6) is -0.560. The maximum Gasteiger partial charge on any atom is 0.286 e. The summed E-state index contributed by atoms with van der Waals surface area (Å²) in [6.45, 7) is 0. The van der Waals surface area contributed by atoms with Gasteiger partial charge in [-0.25, -0.2) is 0 Å². The van der Waals surface area contributed by atoms with Crippen LogP contribution in [0.25, 0.3) is 0 Å². The van der Waals surface area contributed by atoms with Crippen molar-refractivity contribution in [2.24, 2.45) is 7.05 Å². The van der Waals surface area contributed by atoms with Gasteiger partial charge in [-0.2, -0.15) is 0 Å². The number of rotatable bonds is 3. The Balaban J connectivity index is 1.76. The Morgan fingerprint density at radius 2 is 1.92 bits per heavy atom. The number of nitrogens with zero attached hydrogens (tertiary/aromatic N) is 1. The van der Waals surface area contributed by atoms with Gasteiger partial charge in [-0.1, -0.05) is 36.6 Å². The first kappa shape index (κ1) is 18.0. The third-order valence-corrected chi connectivity index (χ3v) is 5.43. The molecule has 25 heavy (non-hydrogen) atoms. The van der Waals surface area contributed by atoms with E-state index in [1.165, 1.54) is 0 Å². The summed E-state index contributed by atoms with van der Waals surface area (Å²) in [6, 6.07) is 9.10. The van der Waals surface area contributed by atoms with Crippen LogP contribution >= 0.6 is 27.5 Å². The van der Waals surface area contributed by atoms with Gasteiger partial charge in [0.15, 0.2) is 0 Å². The van der Waals surface area contributed by atoms with Gasteiger partial charge in [-0.15, -0.1) is 0 Å². The van der Waals surface area contributed by atoms with Crippen LogP contribution in [0, 0.1) is 0 Å². The average Bonchev–Trinajstić information content (AvgIpc) is 3.19. The number of amides is 2. The van der Waals surface area contributed by atoms with E-state index < -0.39 is 5.41 Å². The minimum atomic E-state index is -0.646. The molecule has 1 aliphatic carbocycles. The van der Waals surface area contributed by atoms with Crippen LogP contribution in [-0.2, 0) is 17.3 Å². The molecule has 0 saturated heterocycles. The van der Waals surface area contributed by atoms with Crippen molar-refractivity contribution in [2.75, 3.05) is 0 Å². The highest BCUT2D eigenvalue weighted by Crippen LogP contribution is 2.41. The zero-order valence-electron chi connectivity index (χ0n) is 13.8. The molecule has 2 N–H and O–H groups in total. The second-order valence-corrected chi connectivity index (χ2v) is 7.71. The molecule has 0 unspecified atom stereocenters. The lowest BCUT2D eigenvalue weighted by molar-refractivity contribution is -0.127. The summed E-state index contributed by atoms with van der Waals surface area (Å²) in [4.78, 5) is 25.2. The molecule has 1 heterocycles. The van der Waals surface area contributed by atoms with Crippen LogP contribution in [0.2, 0.25) is 5.02 Å². The fraction of sp³-hybridized carbons (Fsp3) is 0.333. The van der Waals surface area contributed by atoms with E-state index in [2.05, 4.69) is 26.8 Å². The molecule has 1 aliphatic rings. The van der Waals surface area contributed by atoms with E-state index in [1.54, 1.807) is 29.9 Å². The quantitative estimate of drug-likeness (QED) is 0.738. The first-order chi connectivity index (χ1) is 11.9. The molecule has 5 nitrogen and oxygen atoms in total. The van der Waals surface area contributed by atoms with E-state index in [4.69, 9.17) is 11.6 Å². The molecular weight excluding hydrogens is 406 g/mol. The first-order valence-corrected chi connectivity index (χ1v) is 9.28. The van der Waals surface area contributed by atoms with Crippen LogP contribution in [0.3, 0.4) is 0 Å². The molecule has 0 bridgehead atoms. The van der Waals surface area contributed by atoms with Crippen LogP contribution in [0.15, 0.2) is 41.0 Å². The topological polar surface area (TPSA) is 63.1 Å². The number of carbonyl (C=O) groups is 2. The number of aromatic nitrogens is 1. The van der Waals surface area contributed by atoms with Crippen LogP contribution in [0.1, 0.15) is 41.7 Å². The normalized spacial score (nSPS) is 15.8. The van der Waals surface area contributed by atoms with Crippen LogP contribution in [0.4, 0.5) is 0 Å². The van der Waals surface area contributed by atoms with Gasteiger partial charge in [0.1, 0.15) is 5.69 Å². The van der Waals surface area contributed by atoms with E-state index in [9.17, 15) is 9.59 Å². The first-order valence-electron chi connectivity index (χ1n) is 8.11. The summed E-state index contributed by atoms with van der Waals surface area (Å²) in [6.07, 6.45) is 5.20. The van der Waals surface area contributed by atoms with Gasteiger partial charge in [0, 0.05) is 22.7 Å².